The molecule has 0 unspecified atom stereocenters. The number of aromatic nitrogens is 1. The predicted molar refractivity (Wildman–Crippen MR) is 77.0 cm³/mol. The van der Waals surface area contributed by atoms with E-state index in [1.165, 1.54) is 18.4 Å². The molecular weight excluding hydrogens is 262 g/mol. The maximum absolute atomic E-state index is 11.4. The van der Waals surface area contributed by atoms with Gasteiger partial charge in [0.05, 0.1) is 13.3 Å². The molecule has 2 rings (SSSR count). The third-order valence-corrected chi connectivity index (χ3v) is 4.42. The number of anilines is 1. The fourth-order valence-corrected chi connectivity index (χ4v) is 3.06. The Hall–Kier alpha value is -1.14. The zero-order valence-electron chi connectivity index (χ0n) is 12.0. The molecular formula is C13H21N3O2S. The van der Waals surface area contributed by atoms with Crippen molar-refractivity contribution in [1.82, 2.24) is 9.88 Å². The summed E-state index contributed by atoms with van der Waals surface area (Å²) in [6, 6.07) is 0. The van der Waals surface area contributed by atoms with Crippen LogP contribution in [0.15, 0.2) is 6.20 Å². The Balaban J connectivity index is 1.98. The van der Waals surface area contributed by atoms with Gasteiger partial charge in [-0.25, -0.2) is 9.78 Å². The van der Waals surface area contributed by atoms with Gasteiger partial charge in [-0.05, 0) is 20.8 Å². The highest BCUT2D eigenvalue weighted by Crippen LogP contribution is 2.25. The van der Waals surface area contributed by atoms with Crippen molar-refractivity contribution in [2.75, 3.05) is 38.2 Å². The first-order chi connectivity index (χ1) is 8.91. The monoisotopic (exact) mass is 283 g/mol. The summed E-state index contributed by atoms with van der Waals surface area (Å²) in [5.41, 5.74) is 0.214. The quantitative estimate of drug-likeness (QED) is 0.775. The minimum atomic E-state index is -0.308. The summed E-state index contributed by atoms with van der Waals surface area (Å²) in [5, 5.41) is 0.911. The van der Waals surface area contributed by atoms with Crippen LogP contribution in [-0.2, 0) is 4.74 Å². The molecule has 1 aliphatic heterocycles. The largest absolute Gasteiger partial charge is 0.465 e. The molecule has 1 aromatic heterocycles. The van der Waals surface area contributed by atoms with Gasteiger partial charge < -0.3 is 9.64 Å². The average molecular weight is 283 g/mol. The van der Waals surface area contributed by atoms with Gasteiger partial charge in [-0.15, -0.1) is 0 Å². The van der Waals surface area contributed by atoms with Crippen molar-refractivity contribution < 1.29 is 9.53 Å². The summed E-state index contributed by atoms with van der Waals surface area (Å²) in [4.78, 5) is 21.0. The van der Waals surface area contributed by atoms with Crippen LogP contribution >= 0.6 is 11.3 Å². The fraction of sp³-hybridized carbons (Fsp3) is 0.692. The Morgan fingerprint density at radius 1 is 1.32 bits per heavy atom. The molecule has 1 aliphatic rings. The van der Waals surface area contributed by atoms with Gasteiger partial charge in [0.15, 0.2) is 5.13 Å². The molecule has 0 radical (unpaired) electrons. The Morgan fingerprint density at radius 3 is 2.47 bits per heavy atom. The number of carbonyl (C=O) groups excluding carboxylic acids is 1. The van der Waals surface area contributed by atoms with Crippen molar-refractivity contribution in [1.29, 1.82) is 0 Å². The van der Waals surface area contributed by atoms with E-state index >= 15 is 0 Å². The lowest BCUT2D eigenvalue weighted by Crippen LogP contribution is -2.53. The Bertz CT molecular complexity index is 445. The summed E-state index contributed by atoms with van der Waals surface area (Å²) >= 11 is 1.40. The van der Waals surface area contributed by atoms with Crippen molar-refractivity contribution in [2.24, 2.45) is 0 Å². The van der Waals surface area contributed by atoms with Crippen LogP contribution in [0.3, 0.4) is 0 Å². The van der Waals surface area contributed by atoms with E-state index in [0.717, 1.165) is 31.3 Å². The number of ether oxygens (including phenoxy) is 1. The highest BCUT2D eigenvalue weighted by molar-refractivity contribution is 7.17. The number of nitrogens with zero attached hydrogens (tertiary/aromatic N) is 3. The van der Waals surface area contributed by atoms with E-state index in [0.29, 0.717) is 4.88 Å². The van der Waals surface area contributed by atoms with Gasteiger partial charge in [0, 0.05) is 31.7 Å². The van der Waals surface area contributed by atoms with Crippen LogP contribution in [0, 0.1) is 0 Å². The van der Waals surface area contributed by atoms with Crippen molar-refractivity contribution in [3.05, 3.63) is 11.1 Å². The van der Waals surface area contributed by atoms with Gasteiger partial charge in [0.2, 0.25) is 0 Å². The van der Waals surface area contributed by atoms with Crippen LogP contribution in [0.5, 0.6) is 0 Å². The molecule has 6 heteroatoms. The number of piperazine rings is 1. The molecule has 0 saturated carbocycles. The zero-order chi connectivity index (χ0) is 14.0. The summed E-state index contributed by atoms with van der Waals surface area (Å²) in [7, 11) is 1.39. The van der Waals surface area contributed by atoms with Crippen LogP contribution in [0.25, 0.3) is 0 Å². The van der Waals surface area contributed by atoms with E-state index in [1.807, 2.05) is 0 Å². The normalized spacial score (nSPS) is 17.6. The van der Waals surface area contributed by atoms with Crippen LogP contribution in [0.4, 0.5) is 5.13 Å². The number of carbonyl (C=O) groups is 1. The number of thiazole rings is 1. The molecule has 0 aromatic carbocycles. The number of hydrogen-bond donors (Lipinski definition) is 0. The van der Waals surface area contributed by atoms with E-state index in [2.05, 4.69) is 35.6 Å². The van der Waals surface area contributed by atoms with Crippen LogP contribution < -0.4 is 4.90 Å². The van der Waals surface area contributed by atoms with Crippen molar-refractivity contribution in [3.8, 4) is 0 Å². The standard InChI is InChI=1S/C13H21N3O2S/c1-13(2,3)16-7-5-15(6-8-16)12-14-9-10(19-12)11(17)18-4/h9H,5-8H2,1-4H3. The second kappa shape index (κ2) is 5.46. The summed E-state index contributed by atoms with van der Waals surface area (Å²) < 4.78 is 4.70. The zero-order valence-corrected chi connectivity index (χ0v) is 12.8. The second-order valence-electron chi connectivity index (χ2n) is 5.64. The maximum atomic E-state index is 11.4. The van der Waals surface area contributed by atoms with Crippen molar-refractivity contribution in [3.63, 3.8) is 0 Å². The Labute approximate surface area is 118 Å². The first kappa shape index (κ1) is 14.3. The van der Waals surface area contributed by atoms with E-state index in [4.69, 9.17) is 4.74 Å². The number of methoxy groups -OCH3 is 1. The van der Waals surface area contributed by atoms with Crippen LogP contribution in [-0.4, -0.2) is 54.7 Å². The van der Waals surface area contributed by atoms with Gasteiger partial charge in [-0.1, -0.05) is 11.3 Å². The molecule has 0 aliphatic carbocycles. The predicted octanol–water partition coefficient (Wildman–Crippen LogP) is 1.85. The lowest BCUT2D eigenvalue weighted by molar-refractivity contribution is 0.0606. The third-order valence-electron chi connectivity index (χ3n) is 3.38. The van der Waals surface area contributed by atoms with Gasteiger partial charge in [0.1, 0.15) is 4.88 Å². The molecule has 0 N–H and O–H groups in total. The van der Waals surface area contributed by atoms with E-state index in [-0.39, 0.29) is 11.5 Å². The third kappa shape index (κ3) is 3.25. The fourth-order valence-electron chi connectivity index (χ4n) is 2.17. The van der Waals surface area contributed by atoms with Gasteiger partial charge in [-0.2, -0.15) is 0 Å². The smallest absolute Gasteiger partial charge is 0.349 e. The Morgan fingerprint density at radius 2 is 1.95 bits per heavy atom. The number of hydrogen-bond acceptors (Lipinski definition) is 6. The van der Waals surface area contributed by atoms with Crippen molar-refractivity contribution in [2.45, 2.75) is 26.3 Å². The van der Waals surface area contributed by atoms with Gasteiger partial charge in [-0.3, -0.25) is 4.90 Å². The minimum absolute atomic E-state index is 0.214. The molecule has 5 nitrogen and oxygen atoms in total. The molecule has 106 valence electrons. The Kier molecular flexibility index (Phi) is 4.10. The van der Waals surface area contributed by atoms with E-state index in [1.54, 1.807) is 6.20 Å². The molecule has 1 fully saturated rings. The van der Waals surface area contributed by atoms with Crippen molar-refractivity contribution >= 4 is 22.4 Å². The van der Waals surface area contributed by atoms with Gasteiger partial charge in [0.25, 0.3) is 0 Å². The highest BCUT2D eigenvalue weighted by Gasteiger charge is 2.27. The second-order valence-corrected chi connectivity index (χ2v) is 6.65. The molecule has 2 heterocycles. The molecule has 19 heavy (non-hydrogen) atoms. The average Bonchev–Trinajstić information content (AvgIpc) is 2.86. The molecule has 0 amide bonds. The lowest BCUT2D eigenvalue weighted by atomic mass is 10.1. The first-order valence-corrected chi connectivity index (χ1v) is 7.27. The first-order valence-electron chi connectivity index (χ1n) is 6.46. The number of esters is 1. The summed E-state index contributed by atoms with van der Waals surface area (Å²) in [5.74, 6) is -0.308. The number of rotatable bonds is 2. The molecule has 1 saturated heterocycles. The highest BCUT2D eigenvalue weighted by atomic mass is 32.1. The van der Waals surface area contributed by atoms with E-state index in [9.17, 15) is 4.79 Å². The van der Waals surface area contributed by atoms with Crippen LogP contribution in [0.1, 0.15) is 30.4 Å². The molecule has 0 bridgehead atoms. The van der Waals surface area contributed by atoms with E-state index < -0.39 is 0 Å². The summed E-state index contributed by atoms with van der Waals surface area (Å²) in [6.07, 6.45) is 1.60. The SMILES string of the molecule is COC(=O)c1cnc(N2CCN(C(C)(C)C)CC2)s1. The topological polar surface area (TPSA) is 45.7 Å². The van der Waals surface area contributed by atoms with Crippen LogP contribution in [0.2, 0.25) is 0 Å². The molecule has 0 spiro atoms. The van der Waals surface area contributed by atoms with Gasteiger partial charge >= 0.3 is 5.97 Å². The molecule has 0 atom stereocenters. The minimum Gasteiger partial charge on any atom is -0.465 e. The lowest BCUT2D eigenvalue weighted by Gasteiger charge is -2.42. The maximum Gasteiger partial charge on any atom is 0.349 e. The summed E-state index contributed by atoms with van der Waals surface area (Å²) in [6.45, 7) is 10.7. The molecule has 1 aromatic rings.